The molecule has 1 unspecified atom stereocenters. The fourth-order valence-corrected chi connectivity index (χ4v) is 2.04. The first-order valence-corrected chi connectivity index (χ1v) is 6.09. The number of benzene rings is 1. The maximum absolute atomic E-state index is 10.1. The Morgan fingerprint density at radius 1 is 1.38 bits per heavy atom. The minimum Gasteiger partial charge on any atom is -0.496 e. The highest BCUT2D eigenvalue weighted by atomic mass is 35.5. The Kier molecular flexibility index (Phi) is 5.64. The zero-order valence-corrected chi connectivity index (χ0v) is 10.6. The largest absolute Gasteiger partial charge is 0.496 e. The van der Waals surface area contributed by atoms with Crippen LogP contribution in [0.3, 0.4) is 0 Å². The molecule has 16 heavy (non-hydrogen) atoms. The van der Waals surface area contributed by atoms with Gasteiger partial charge in [-0.15, -0.1) is 0 Å². The van der Waals surface area contributed by atoms with Gasteiger partial charge in [0.2, 0.25) is 0 Å². The quantitative estimate of drug-likeness (QED) is 0.765. The molecule has 0 heterocycles. The highest BCUT2D eigenvalue weighted by Gasteiger charge is 2.16. The molecule has 0 aliphatic heterocycles. The van der Waals surface area contributed by atoms with Crippen molar-refractivity contribution in [3.05, 3.63) is 28.8 Å². The summed E-state index contributed by atoms with van der Waals surface area (Å²) in [7, 11) is 1.59. The molecule has 1 aromatic rings. The molecule has 0 saturated heterocycles. The second-order valence-electron chi connectivity index (χ2n) is 3.87. The van der Waals surface area contributed by atoms with Crippen LogP contribution in [0.4, 0.5) is 0 Å². The fraction of sp³-hybridized carbons (Fsp3) is 0.538. The third kappa shape index (κ3) is 3.39. The van der Waals surface area contributed by atoms with Crippen molar-refractivity contribution in [2.45, 2.75) is 38.7 Å². The molecule has 3 heteroatoms. The van der Waals surface area contributed by atoms with E-state index in [1.54, 1.807) is 13.2 Å². The number of hydrogen-bond donors (Lipinski definition) is 1. The molecule has 2 nitrogen and oxygen atoms in total. The summed E-state index contributed by atoms with van der Waals surface area (Å²) in [5.41, 5.74) is 0.711. The van der Waals surface area contributed by atoms with Crippen LogP contribution in [-0.2, 0) is 0 Å². The number of hydrogen-bond acceptors (Lipinski definition) is 2. The third-order valence-corrected chi connectivity index (χ3v) is 2.98. The van der Waals surface area contributed by atoms with Crippen LogP contribution in [0.1, 0.15) is 44.3 Å². The average molecular weight is 243 g/mol. The first-order valence-electron chi connectivity index (χ1n) is 5.71. The lowest BCUT2D eigenvalue weighted by atomic mass is 10.0. The molecule has 0 fully saturated rings. The van der Waals surface area contributed by atoms with Crippen LogP contribution in [0.2, 0.25) is 5.02 Å². The van der Waals surface area contributed by atoms with Gasteiger partial charge in [-0.1, -0.05) is 43.9 Å². The molecule has 1 rings (SSSR count). The third-order valence-electron chi connectivity index (χ3n) is 2.65. The summed E-state index contributed by atoms with van der Waals surface area (Å²) in [5, 5.41) is 10.6. The lowest BCUT2D eigenvalue weighted by molar-refractivity contribution is 0.159. The van der Waals surface area contributed by atoms with Crippen molar-refractivity contribution in [3.8, 4) is 5.75 Å². The van der Waals surface area contributed by atoms with Gasteiger partial charge < -0.3 is 9.84 Å². The van der Waals surface area contributed by atoms with Crippen LogP contribution in [0.25, 0.3) is 0 Å². The van der Waals surface area contributed by atoms with E-state index < -0.39 is 6.10 Å². The smallest absolute Gasteiger partial charge is 0.126 e. The van der Waals surface area contributed by atoms with E-state index in [1.165, 1.54) is 0 Å². The minimum absolute atomic E-state index is 0.532. The summed E-state index contributed by atoms with van der Waals surface area (Å²) in [6.45, 7) is 2.14. The first-order chi connectivity index (χ1) is 7.70. The van der Waals surface area contributed by atoms with Crippen molar-refractivity contribution < 1.29 is 9.84 Å². The van der Waals surface area contributed by atoms with Crippen molar-refractivity contribution in [3.63, 3.8) is 0 Å². The summed E-state index contributed by atoms with van der Waals surface area (Å²) in [6, 6.07) is 5.43. The Hall–Kier alpha value is -0.730. The van der Waals surface area contributed by atoms with Gasteiger partial charge in [0.15, 0.2) is 0 Å². The number of ether oxygens (including phenoxy) is 1. The second kappa shape index (κ2) is 6.77. The maximum atomic E-state index is 10.1. The number of aliphatic hydroxyl groups excluding tert-OH is 1. The van der Waals surface area contributed by atoms with Crippen LogP contribution in [0.15, 0.2) is 18.2 Å². The lowest BCUT2D eigenvalue weighted by Gasteiger charge is -2.16. The standard InChI is InChI=1S/C13H19ClO2/c1-3-4-5-8-11(15)13-10(14)7-6-9-12(13)16-2/h6-7,9,11,15H,3-5,8H2,1-2H3. The van der Waals surface area contributed by atoms with Gasteiger partial charge in [-0.3, -0.25) is 0 Å². The maximum Gasteiger partial charge on any atom is 0.126 e. The summed E-state index contributed by atoms with van der Waals surface area (Å²) >= 11 is 6.08. The highest BCUT2D eigenvalue weighted by Crippen LogP contribution is 2.34. The molecule has 0 saturated carbocycles. The Morgan fingerprint density at radius 3 is 2.75 bits per heavy atom. The normalized spacial score (nSPS) is 12.5. The van der Waals surface area contributed by atoms with E-state index in [4.69, 9.17) is 16.3 Å². The predicted octanol–water partition coefficient (Wildman–Crippen LogP) is 3.96. The molecule has 1 N–H and O–H groups in total. The predicted molar refractivity (Wildman–Crippen MR) is 67.1 cm³/mol. The van der Waals surface area contributed by atoms with Crippen molar-refractivity contribution in [1.82, 2.24) is 0 Å². The number of rotatable bonds is 6. The Morgan fingerprint density at radius 2 is 2.12 bits per heavy atom. The lowest BCUT2D eigenvalue weighted by Crippen LogP contribution is -2.01. The van der Waals surface area contributed by atoms with Gasteiger partial charge in [0.05, 0.1) is 18.2 Å². The van der Waals surface area contributed by atoms with Gasteiger partial charge in [-0.2, -0.15) is 0 Å². The molecular formula is C13H19ClO2. The molecule has 0 spiro atoms. The van der Waals surface area contributed by atoms with Gasteiger partial charge in [0.1, 0.15) is 5.75 Å². The van der Waals surface area contributed by atoms with Crippen LogP contribution in [0.5, 0.6) is 5.75 Å². The molecule has 0 bridgehead atoms. The van der Waals surface area contributed by atoms with Crippen molar-refractivity contribution in [2.24, 2.45) is 0 Å². The molecule has 1 atom stereocenters. The number of aliphatic hydroxyl groups is 1. The van der Waals surface area contributed by atoms with E-state index in [1.807, 2.05) is 12.1 Å². The average Bonchev–Trinajstić information content (AvgIpc) is 2.28. The zero-order valence-electron chi connectivity index (χ0n) is 9.87. The van der Waals surface area contributed by atoms with Gasteiger partial charge >= 0.3 is 0 Å². The monoisotopic (exact) mass is 242 g/mol. The van der Waals surface area contributed by atoms with E-state index in [2.05, 4.69) is 6.92 Å². The molecule has 90 valence electrons. The highest BCUT2D eigenvalue weighted by molar-refractivity contribution is 6.31. The van der Waals surface area contributed by atoms with Gasteiger partial charge in [0.25, 0.3) is 0 Å². The number of unbranched alkanes of at least 4 members (excludes halogenated alkanes) is 2. The van der Waals surface area contributed by atoms with Crippen molar-refractivity contribution >= 4 is 11.6 Å². The molecule has 0 aliphatic rings. The molecule has 0 radical (unpaired) electrons. The van der Waals surface area contributed by atoms with Gasteiger partial charge in [-0.25, -0.2) is 0 Å². The molecule has 0 amide bonds. The molecular weight excluding hydrogens is 224 g/mol. The van der Waals surface area contributed by atoms with Crippen LogP contribution in [0, 0.1) is 0 Å². The SMILES string of the molecule is CCCCCC(O)c1c(Cl)cccc1OC. The van der Waals surface area contributed by atoms with E-state index >= 15 is 0 Å². The van der Waals surface area contributed by atoms with Crippen LogP contribution in [-0.4, -0.2) is 12.2 Å². The van der Waals surface area contributed by atoms with Crippen molar-refractivity contribution in [1.29, 1.82) is 0 Å². The van der Waals surface area contributed by atoms with Gasteiger partial charge in [-0.05, 0) is 18.6 Å². The van der Waals surface area contributed by atoms with E-state index in [9.17, 15) is 5.11 Å². The Balaban J connectivity index is 2.76. The Bertz CT molecular complexity index is 326. The van der Waals surface area contributed by atoms with E-state index in [-0.39, 0.29) is 0 Å². The molecule has 0 aliphatic carbocycles. The second-order valence-corrected chi connectivity index (χ2v) is 4.27. The minimum atomic E-state index is -0.532. The Labute approximate surface area is 102 Å². The van der Waals surface area contributed by atoms with Crippen molar-refractivity contribution in [2.75, 3.05) is 7.11 Å². The fourth-order valence-electron chi connectivity index (χ4n) is 1.75. The molecule has 1 aromatic carbocycles. The van der Waals surface area contributed by atoms with Crippen LogP contribution < -0.4 is 4.74 Å². The zero-order chi connectivity index (χ0) is 12.0. The summed E-state index contributed by atoms with van der Waals surface area (Å²) in [6.07, 6.45) is 3.48. The number of methoxy groups -OCH3 is 1. The van der Waals surface area contributed by atoms with E-state index in [0.717, 1.165) is 25.7 Å². The van der Waals surface area contributed by atoms with Crippen LogP contribution >= 0.6 is 11.6 Å². The molecule has 0 aromatic heterocycles. The topological polar surface area (TPSA) is 29.5 Å². The summed E-state index contributed by atoms with van der Waals surface area (Å²) < 4.78 is 5.21. The van der Waals surface area contributed by atoms with Gasteiger partial charge in [0, 0.05) is 5.56 Å². The van der Waals surface area contributed by atoms with E-state index in [0.29, 0.717) is 16.3 Å². The summed E-state index contributed by atoms with van der Waals surface area (Å²) in [4.78, 5) is 0. The number of halogens is 1. The summed E-state index contributed by atoms with van der Waals surface area (Å²) in [5.74, 6) is 0.663. The first kappa shape index (κ1) is 13.3.